The van der Waals surface area contributed by atoms with Crippen LogP contribution in [-0.2, 0) is 16.2 Å². The van der Waals surface area contributed by atoms with E-state index in [0.29, 0.717) is 11.3 Å². The van der Waals surface area contributed by atoms with E-state index < -0.39 is 39.1 Å². The summed E-state index contributed by atoms with van der Waals surface area (Å²) in [5, 5.41) is 0. The number of alkyl halides is 3. The van der Waals surface area contributed by atoms with E-state index in [0.717, 1.165) is 6.20 Å². The molecule has 6 nitrogen and oxygen atoms in total. The summed E-state index contributed by atoms with van der Waals surface area (Å²) in [6.07, 6.45) is -2.59. The van der Waals surface area contributed by atoms with Gasteiger partial charge in [0.15, 0.2) is 0 Å². The van der Waals surface area contributed by atoms with Crippen molar-refractivity contribution in [1.29, 1.82) is 0 Å². The van der Waals surface area contributed by atoms with E-state index in [1.807, 2.05) is 0 Å². The lowest BCUT2D eigenvalue weighted by molar-refractivity contribution is -0.140. The molecule has 0 aliphatic carbocycles. The van der Waals surface area contributed by atoms with Gasteiger partial charge in [0.1, 0.15) is 16.5 Å². The summed E-state index contributed by atoms with van der Waals surface area (Å²) in [6, 6.07) is 4.39. The molecule has 154 valence electrons. The highest BCUT2D eigenvalue weighted by Gasteiger charge is 2.35. The van der Waals surface area contributed by atoms with Crippen LogP contribution in [0.15, 0.2) is 47.6 Å². The second-order valence-electron chi connectivity index (χ2n) is 5.72. The number of methoxy groups -OCH3 is 1. The Morgan fingerprint density at radius 1 is 1.14 bits per heavy atom. The van der Waals surface area contributed by atoms with Gasteiger partial charge in [-0.3, -0.25) is 4.72 Å². The van der Waals surface area contributed by atoms with Gasteiger partial charge in [-0.2, -0.15) is 13.2 Å². The Morgan fingerprint density at radius 3 is 2.52 bits per heavy atom. The van der Waals surface area contributed by atoms with Crippen LogP contribution in [0.4, 0.5) is 27.6 Å². The van der Waals surface area contributed by atoms with Gasteiger partial charge >= 0.3 is 6.18 Å². The maximum atomic E-state index is 13.9. The summed E-state index contributed by atoms with van der Waals surface area (Å²) < 4.78 is 97.2. The SMILES string of the molecule is COc1ncccc1-c1cc(S(=O)(=O)Nc2cc(F)c(C(F)(F)F)cc2F)c[nH]1. The number of sulfonamides is 1. The van der Waals surface area contributed by atoms with Crippen molar-refractivity contribution in [2.24, 2.45) is 0 Å². The first-order valence-corrected chi connectivity index (χ1v) is 9.28. The van der Waals surface area contributed by atoms with Crippen LogP contribution in [-0.4, -0.2) is 25.5 Å². The van der Waals surface area contributed by atoms with Gasteiger partial charge in [-0.05, 0) is 24.3 Å². The van der Waals surface area contributed by atoms with Crippen molar-refractivity contribution in [1.82, 2.24) is 9.97 Å². The number of H-pyrrole nitrogens is 1. The van der Waals surface area contributed by atoms with Crippen LogP contribution in [0.1, 0.15) is 5.56 Å². The molecule has 2 N–H and O–H groups in total. The maximum absolute atomic E-state index is 13.9. The fraction of sp³-hybridized carbons (Fsp3) is 0.118. The van der Waals surface area contributed by atoms with Crippen LogP contribution in [0.25, 0.3) is 11.3 Å². The third kappa shape index (κ3) is 4.16. The van der Waals surface area contributed by atoms with Crippen molar-refractivity contribution < 1.29 is 35.1 Å². The zero-order chi connectivity index (χ0) is 21.4. The van der Waals surface area contributed by atoms with E-state index in [9.17, 15) is 30.4 Å². The molecule has 0 fully saturated rings. The molecule has 2 heterocycles. The molecular formula is C17H12F5N3O3S. The average Bonchev–Trinajstić information content (AvgIpc) is 3.14. The molecule has 0 bridgehead atoms. The molecule has 0 radical (unpaired) electrons. The Morgan fingerprint density at radius 2 is 1.86 bits per heavy atom. The Kier molecular flexibility index (Phi) is 5.22. The molecule has 1 aromatic carbocycles. The summed E-state index contributed by atoms with van der Waals surface area (Å²) in [7, 11) is -3.07. The predicted octanol–water partition coefficient (Wildman–Crippen LogP) is 4.18. The molecule has 0 saturated carbocycles. The normalized spacial score (nSPS) is 12.1. The standard InChI is InChI=1S/C17H12F5N3O3S/c1-28-16-10(3-2-4-23-16)14-5-9(8-24-14)29(26,27)25-15-7-12(18)11(6-13(15)19)17(20,21)22/h2-8,24-25H,1H3. The zero-order valence-corrected chi connectivity index (χ0v) is 15.3. The van der Waals surface area contributed by atoms with Gasteiger partial charge in [-0.15, -0.1) is 0 Å². The minimum Gasteiger partial charge on any atom is -0.481 e. The lowest BCUT2D eigenvalue weighted by Gasteiger charge is -2.12. The number of rotatable bonds is 5. The summed E-state index contributed by atoms with van der Waals surface area (Å²) in [5.41, 5.74) is -2.07. The second kappa shape index (κ2) is 7.35. The number of anilines is 1. The van der Waals surface area contributed by atoms with Crippen molar-refractivity contribution in [3.63, 3.8) is 0 Å². The number of hydrogen-bond acceptors (Lipinski definition) is 4. The average molecular weight is 433 g/mol. The van der Waals surface area contributed by atoms with Crippen molar-refractivity contribution in [2.45, 2.75) is 11.1 Å². The number of nitrogens with one attached hydrogen (secondary N) is 2. The van der Waals surface area contributed by atoms with Crippen LogP contribution >= 0.6 is 0 Å². The molecule has 0 aliphatic rings. The topological polar surface area (TPSA) is 84.1 Å². The van der Waals surface area contributed by atoms with Crippen LogP contribution in [0.2, 0.25) is 0 Å². The molecule has 0 atom stereocenters. The number of nitrogens with zero attached hydrogens (tertiary/aromatic N) is 1. The molecule has 0 aliphatic heterocycles. The van der Waals surface area contributed by atoms with E-state index in [1.165, 1.54) is 19.4 Å². The van der Waals surface area contributed by atoms with Crippen LogP contribution < -0.4 is 9.46 Å². The van der Waals surface area contributed by atoms with Crippen molar-refractivity contribution in [3.8, 4) is 17.1 Å². The first kappa shape index (κ1) is 20.6. The lowest BCUT2D eigenvalue weighted by Crippen LogP contribution is -2.15. The molecule has 3 rings (SSSR count). The van der Waals surface area contributed by atoms with Gasteiger partial charge in [-0.25, -0.2) is 22.2 Å². The molecule has 12 heteroatoms. The molecule has 2 aromatic heterocycles. The van der Waals surface area contributed by atoms with E-state index in [1.54, 1.807) is 16.9 Å². The molecule has 0 amide bonds. The molecule has 0 spiro atoms. The largest absolute Gasteiger partial charge is 0.481 e. The number of ether oxygens (including phenoxy) is 1. The van der Waals surface area contributed by atoms with Gasteiger partial charge in [0.05, 0.1) is 29.6 Å². The Labute approximate surface area is 161 Å². The number of aromatic amines is 1. The summed E-state index contributed by atoms with van der Waals surface area (Å²) in [6.45, 7) is 0. The van der Waals surface area contributed by atoms with Crippen LogP contribution in [0.3, 0.4) is 0 Å². The van der Waals surface area contributed by atoms with Crippen molar-refractivity contribution in [2.75, 3.05) is 11.8 Å². The number of benzene rings is 1. The number of pyridine rings is 1. The smallest absolute Gasteiger partial charge is 0.419 e. The second-order valence-corrected chi connectivity index (χ2v) is 7.41. The van der Waals surface area contributed by atoms with E-state index in [4.69, 9.17) is 4.74 Å². The van der Waals surface area contributed by atoms with E-state index in [-0.39, 0.29) is 22.9 Å². The fourth-order valence-electron chi connectivity index (χ4n) is 2.49. The lowest BCUT2D eigenvalue weighted by atomic mass is 10.2. The molecule has 0 unspecified atom stereocenters. The Hall–Kier alpha value is -3.15. The third-order valence-electron chi connectivity index (χ3n) is 3.83. The summed E-state index contributed by atoms with van der Waals surface area (Å²) in [4.78, 5) is 6.30. The monoisotopic (exact) mass is 433 g/mol. The highest BCUT2D eigenvalue weighted by atomic mass is 32.2. The molecular weight excluding hydrogens is 421 g/mol. The number of halogens is 5. The fourth-order valence-corrected chi connectivity index (χ4v) is 3.54. The highest BCUT2D eigenvalue weighted by molar-refractivity contribution is 7.92. The van der Waals surface area contributed by atoms with Crippen LogP contribution in [0, 0.1) is 11.6 Å². The van der Waals surface area contributed by atoms with Gasteiger partial charge in [0.2, 0.25) is 5.88 Å². The summed E-state index contributed by atoms with van der Waals surface area (Å²) in [5.74, 6) is -3.18. The highest BCUT2D eigenvalue weighted by Crippen LogP contribution is 2.34. The van der Waals surface area contributed by atoms with Crippen molar-refractivity contribution >= 4 is 15.7 Å². The maximum Gasteiger partial charge on any atom is 0.419 e. The predicted molar refractivity (Wildman–Crippen MR) is 92.7 cm³/mol. The number of aromatic nitrogens is 2. The molecule has 29 heavy (non-hydrogen) atoms. The van der Waals surface area contributed by atoms with Crippen molar-refractivity contribution in [3.05, 3.63) is 59.9 Å². The minimum atomic E-state index is -5.12. The third-order valence-corrected chi connectivity index (χ3v) is 5.17. The first-order chi connectivity index (χ1) is 13.5. The molecule has 3 aromatic rings. The minimum absolute atomic E-state index is 0.115. The van der Waals surface area contributed by atoms with Gasteiger partial charge in [0.25, 0.3) is 10.0 Å². The van der Waals surface area contributed by atoms with Gasteiger partial charge in [0, 0.05) is 18.5 Å². The van der Waals surface area contributed by atoms with Gasteiger partial charge in [-0.1, -0.05) is 0 Å². The quantitative estimate of drug-likeness (QED) is 0.592. The Bertz CT molecular complexity index is 1160. The van der Waals surface area contributed by atoms with E-state index >= 15 is 0 Å². The molecule has 0 saturated heterocycles. The van der Waals surface area contributed by atoms with E-state index in [2.05, 4.69) is 9.97 Å². The Balaban J connectivity index is 1.94. The van der Waals surface area contributed by atoms with Gasteiger partial charge < -0.3 is 9.72 Å². The first-order valence-electron chi connectivity index (χ1n) is 7.80. The zero-order valence-electron chi connectivity index (χ0n) is 14.5. The van der Waals surface area contributed by atoms with Crippen LogP contribution in [0.5, 0.6) is 5.88 Å². The summed E-state index contributed by atoms with van der Waals surface area (Å²) >= 11 is 0. The number of hydrogen-bond donors (Lipinski definition) is 2.